The fourth-order valence-corrected chi connectivity index (χ4v) is 2.28. The highest BCUT2D eigenvalue weighted by Crippen LogP contribution is 2.15. The molecule has 0 saturated carbocycles. The van der Waals surface area contributed by atoms with Crippen molar-refractivity contribution in [3.05, 3.63) is 69.8 Å². The van der Waals surface area contributed by atoms with Crippen molar-refractivity contribution < 1.29 is 18.9 Å². The smallest absolute Gasteiger partial charge is 0.291 e. The summed E-state index contributed by atoms with van der Waals surface area (Å²) in [4.78, 5) is 36.7. The van der Waals surface area contributed by atoms with Crippen LogP contribution in [-0.4, -0.2) is 34.7 Å². The molecule has 0 fully saturated rings. The third-order valence-electron chi connectivity index (χ3n) is 3.69. The van der Waals surface area contributed by atoms with Gasteiger partial charge in [-0.15, -0.1) is 0 Å². The van der Waals surface area contributed by atoms with E-state index in [1.165, 1.54) is 42.7 Å². The zero-order chi connectivity index (χ0) is 19.1. The summed E-state index contributed by atoms with van der Waals surface area (Å²) in [6.07, 6.45) is 2.84. The van der Waals surface area contributed by atoms with Crippen LogP contribution in [0, 0.1) is 10.1 Å². The summed E-state index contributed by atoms with van der Waals surface area (Å²) in [6.45, 7) is 4.62. The lowest BCUT2D eigenvalue weighted by Gasteiger charge is -2.20. The third kappa shape index (κ3) is 4.56. The van der Waals surface area contributed by atoms with Gasteiger partial charge in [0.2, 0.25) is 0 Å². The van der Waals surface area contributed by atoms with Crippen molar-refractivity contribution in [2.45, 2.75) is 13.8 Å². The van der Waals surface area contributed by atoms with E-state index in [1.807, 2.05) is 13.8 Å². The van der Waals surface area contributed by atoms with Gasteiger partial charge < -0.3 is 14.6 Å². The van der Waals surface area contributed by atoms with Gasteiger partial charge in [0.15, 0.2) is 5.76 Å². The zero-order valence-corrected chi connectivity index (χ0v) is 14.5. The summed E-state index contributed by atoms with van der Waals surface area (Å²) in [6, 6.07) is 8.74. The number of non-ortho nitro benzene ring substituents is 1. The van der Waals surface area contributed by atoms with E-state index in [1.54, 1.807) is 11.0 Å². The third-order valence-corrected chi connectivity index (χ3v) is 3.69. The molecule has 0 aliphatic rings. The fourth-order valence-electron chi connectivity index (χ4n) is 2.28. The van der Waals surface area contributed by atoms with Gasteiger partial charge in [-0.25, -0.2) is 0 Å². The maximum Gasteiger partial charge on any atom is 0.291 e. The maximum absolute atomic E-state index is 12.7. The second-order valence-electron chi connectivity index (χ2n) is 5.32. The summed E-state index contributed by atoms with van der Waals surface area (Å²) < 4.78 is 5.04. The van der Waals surface area contributed by atoms with E-state index in [0.29, 0.717) is 18.7 Å². The van der Waals surface area contributed by atoms with Gasteiger partial charge in [-0.3, -0.25) is 19.7 Å². The SMILES string of the molecule is CCN(CC)C(=O)C(=Cc1ccc([N+](=O)[O-])cc1)NC(=O)c1ccco1. The normalized spacial score (nSPS) is 11.1. The van der Waals surface area contributed by atoms with Gasteiger partial charge in [-0.2, -0.15) is 0 Å². The van der Waals surface area contributed by atoms with Crippen molar-refractivity contribution in [3.8, 4) is 0 Å². The minimum Gasteiger partial charge on any atom is -0.459 e. The molecular formula is C18H19N3O5. The number of hydrogen-bond acceptors (Lipinski definition) is 5. The number of nitrogens with one attached hydrogen (secondary N) is 1. The molecule has 0 atom stereocenters. The van der Waals surface area contributed by atoms with E-state index in [2.05, 4.69) is 5.32 Å². The van der Waals surface area contributed by atoms with Crippen LogP contribution in [0.1, 0.15) is 30.0 Å². The number of hydrogen-bond donors (Lipinski definition) is 1. The fraction of sp³-hybridized carbons (Fsp3) is 0.222. The first kappa shape index (κ1) is 18.9. The average molecular weight is 357 g/mol. The molecule has 1 N–H and O–H groups in total. The Hall–Kier alpha value is -3.42. The number of amides is 2. The summed E-state index contributed by atoms with van der Waals surface area (Å²) in [7, 11) is 0. The summed E-state index contributed by atoms with van der Waals surface area (Å²) in [5.74, 6) is -0.830. The molecule has 26 heavy (non-hydrogen) atoms. The predicted molar refractivity (Wildman–Crippen MR) is 95.2 cm³/mol. The number of rotatable bonds is 7. The Balaban J connectivity index is 2.33. The van der Waals surface area contributed by atoms with Crippen LogP contribution < -0.4 is 5.32 Å². The Morgan fingerprint density at radius 1 is 1.19 bits per heavy atom. The second-order valence-corrected chi connectivity index (χ2v) is 5.32. The highest BCUT2D eigenvalue weighted by molar-refractivity contribution is 6.04. The summed E-state index contributed by atoms with van der Waals surface area (Å²) in [5, 5.41) is 13.3. The molecule has 0 aliphatic carbocycles. The highest BCUT2D eigenvalue weighted by atomic mass is 16.6. The molecule has 0 saturated heterocycles. The second kappa shape index (κ2) is 8.61. The molecule has 0 aliphatic heterocycles. The molecule has 1 aromatic heterocycles. The monoisotopic (exact) mass is 357 g/mol. The number of furan rings is 1. The van der Waals surface area contributed by atoms with Crippen LogP contribution in [0.3, 0.4) is 0 Å². The molecule has 0 spiro atoms. The quantitative estimate of drug-likeness (QED) is 0.466. The molecule has 1 heterocycles. The van der Waals surface area contributed by atoms with Crippen LogP contribution in [0.2, 0.25) is 0 Å². The highest BCUT2D eigenvalue weighted by Gasteiger charge is 2.20. The molecule has 0 radical (unpaired) electrons. The van der Waals surface area contributed by atoms with Crippen LogP contribution in [0.4, 0.5) is 5.69 Å². The lowest BCUT2D eigenvalue weighted by atomic mass is 10.1. The Morgan fingerprint density at radius 3 is 2.35 bits per heavy atom. The lowest BCUT2D eigenvalue weighted by Crippen LogP contribution is -2.38. The molecular weight excluding hydrogens is 338 g/mol. The van der Waals surface area contributed by atoms with Gasteiger partial charge in [-0.05, 0) is 49.8 Å². The molecule has 2 amide bonds. The van der Waals surface area contributed by atoms with Crippen molar-refractivity contribution >= 4 is 23.6 Å². The molecule has 2 aromatic rings. The molecule has 0 unspecified atom stereocenters. The Bertz CT molecular complexity index is 806. The topological polar surface area (TPSA) is 106 Å². The minimum atomic E-state index is -0.552. The van der Waals surface area contributed by atoms with Gasteiger partial charge >= 0.3 is 0 Å². The van der Waals surface area contributed by atoms with E-state index < -0.39 is 10.8 Å². The summed E-state index contributed by atoms with van der Waals surface area (Å²) >= 11 is 0. The molecule has 8 heteroatoms. The average Bonchev–Trinajstić information content (AvgIpc) is 3.17. The Labute approximate surface area is 150 Å². The van der Waals surface area contributed by atoms with Gasteiger partial charge in [0, 0.05) is 25.2 Å². The first-order valence-corrected chi connectivity index (χ1v) is 8.06. The Kier molecular flexibility index (Phi) is 6.26. The maximum atomic E-state index is 12.7. The number of carbonyl (C=O) groups excluding carboxylic acids is 2. The number of carbonyl (C=O) groups is 2. The van der Waals surface area contributed by atoms with E-state index in [4.69, 9.17) is 4.42 Å². The van der Waals surface area contributed by atoms with Crippen molar-refractivity contribution in [1.29, 1.82) is 0 Å². The molecule has 2 rings (SSSR count). The standard InChI is InChI=1S/C18H19N3O5/c1-3-20(4-2)18(23)15(19-17(22)16-6-5-11-26-16)12-13-7-9-14(10-8-13)21(24)25/h5-12H,3-4H2,1-2H3,(H,19,22). The number of nitrogens with zero attached hydrogens (tertiary/aromatic N) is 2. The van der Waals surface area contributed by atoms with E-state index >= 15 is 0 Å². The summed E-state index contributed by atoms with van der Waals surface area (Å²) in [5.41, 5.74) is 0.549. The lowest BCUT2D eigenvalue weighted by molar-refractivity contribution is -0.384. The van der Waals surface area contributed by atoms with Gasteiger partial charge in [0.25, 0.3) is 17.5 Å². The number of nitro groups is 1. The first-order valence-electron chi connectivity index (χ1n) is 8.06. The zero-order valence-electron chi connectivity index (χ0n) is 14.5. The molecule has 136 valence electrons. The molecule has 0 bridgehead atoms. The Morgan fingerprint density at radius 2 is 1.85 bits per heavy atom. The van der Waals surface area contributed by atoms with Crippen molar-refractivity contribution in [1.82, 2.24) is 10.2 Å². The van der Waals surface area contributed by atoms with E-state index in [9.17, 15) is 19.7 Å². The predicted octanol–water partition coefficient (Wildman–Crippen LogP) is 2.83. The van der Waals surface area contributed by atoms with Gasteiger partial charge in [0.05, 0.1) is 11.2 Å². The first-order chi connectivity index (χ1) is 12.5. The van der Waals surface area contributed by atoms with Crippen LogP contribution >= 0.6 is 0 Å². The molecule has 1 aromatic carbocycles. The van der Waals surface area contributed by atoms with Crippen LogP contribution in [-0.2, 0) is 4.79 Å². The van der Waals surface area contributed by atoms with Crippen molar-refractivity contribution in [2.24, 2.45) is 0 Å². The number of nitro benzene ring substituents is 1. The molecule has 8 nitrogen and oxygen atoms in total. The van der Waals surface area contributed by atoms with Crippen molar-refractivity contribution in [2.75, 3.05) is 13.1 Å². The number of benzene rings is 1. The van der Waals surface area contributed by atoms with Crippen LogP contribution in [0.25, 0.3) is 6.08 Å². The minimum absolute atomic E-state index is 0.0570. The van der Waals surface area contributed by atoms with Crippen LogP contribution in [0.5, 0.6) is 0 Å². The van der Waals surface area contributed by atoms with Crippen LogP contribution in [0.15, 0.2) is 52.8 Å². The largest absolute Gasteiger partial charge is 0.459 e. The van der Waals surface area contributed by atoms with Crippen molar-refractivity contribution in [3.63, 3.8) is 0 Å². The van der Waals surface area contributed by atoms with E-state index in [-0.39, 0.29) is 23.1 Å². The number of likely N-dealkylation sites (N-methyl/N-ethyl adjacent to an activating group) is 1. The van der Waals surface area contributed by atoms with E-state index in [0.717, 1.165) is 0 Å². The van der Waals surface area contributed by atoms with Gasteiger partial charge in [-0.1, -0.05) is 0 Å². The van der Waals surface area contributed by atoms with Gasteiger partial charge in [0.1, 0.15) is 5.70 Å².